The van der Waals surface area contributed by atoms with Crippen LogP contribution in [0.1, 0.15) is 32.1 Å². The molecule has 5 unspecified atom stereocenters. The van der Waals surface area contributed by atoms with Crippen LogP contribution in [0.25, 0.3) is 0 Å². The van der Waals surface area contributed by atoms with Gasteiger partial charge in [-0.2, -0.15) is 0 Å². The second-order valence-electron chi connectivity index (χ2n) is 7.14. The smallest absolute Gasteiger partial charge is 0.308 e. The monoisotopic (exact) mass is 355 g/mol. The van der Waals surface area contributed by atoms with Gasteiger partial charge < -0.3 is 20.5 Å². The number of carboxylic acids is 1. The van der Waals surface area contributed by atoms with Crippen LogP contribution in [-0.2, 0) is 14.3 Å². The quantitative estimate of drug-likeness (QED) is 0.419. The number of ether oxygens (including phenoxy) is 1. The number of carbonyl (C=O) groups excluding carboxylic acids is 1. The molecule has 1 saturated carbocycles. The lowest BCUT2D eigenvalue weighted by atomic mass is 9.82. The van der Waals surface area contributed by atoms with Gasteiger partial charge in [0, 0.05) is 32.9 Å². The maximum atomic E-state index is 12.5. The molecule has 2 heterocycles. The van der Waals surface area contributed by atoms with Gasteiger partial charge in [0.05, 0.1) is 18.2 Å². The van der Waals surface area contributed by atoms with Crippen molar-refractivity contribution in [3.63, 3.8) is 0 Å². The second-order valence-corrected chi connectivity index (χ2v) is 7.14. The van der Waals surface area contributed by atoms with Crippen molar-refractivity contribution in [3.8, 4) is 0 Å². The van der Waals surface area contributed by atoms with E-state index in [1.54, 1.807) is 7.11 Å². The summed E-state index contributed by atoms with van der Waals surface area (Å²) in [6.45, 7) is 2.85. The van der Waals surface area contributed by atoms with E-state index in [4.69, 9.17) is 4.74 Å². The molecule has 5 atom stereocenters. The van der Waals surface area contributed by atoms with E-state index in [0.29, 0.717) is 12.8 Å². The number of nitrogens with zero attached hydrogens (tertiary/aromatic N) is 1. The van der Waals surface area contributed by atoms with Crippen LogP contribution in [0.3, 0.4) is 0 Å². The number of hydrogen-bond donors (Lipinski definition) is 5. The van der Waals surface area contributed by atoms with Gasteiger partial charge in [-0.3, -0.25) is 14.5 Å². The zero-order valence-corrected chi connectivity index (χ0v) is 14.7. The summed E-state index contributed by atoms with van der Waals surface area (Å²) < 4.78 is 5.29. The molecule has 0 aromatic heterocycles. The van der Waals surface area contributed by atoms with Crippen molar-refractivity contribution < 1.29 is 19.4 Å². The SMILES string of the molecule is COC1CCC(NC(=O)C2CCC(N3CCNC3)NN2)C(C(=O)O)C1. The number of hydrogen-bond acceptors (Lipinski definition) is 7. The Morgan fingerprint density at radius 3 is 2.64 bits per heavy atom. The average Bonchev–Trinajstić information content (AvgIpc) is 3.16. The van der Waals surface area contributed by atoms with Gasteiger partial charge in [0.2, 0.25) is 5.91 Å². The predicted octanol–water partition coefficient (Wildman–Crippen LogP) is -1.18. The summed E-state index contributed by atoms with van der Waals surface area (Å²) in [6.07, 6.45) is 3.63. The Balaban J connectivity index is 1.49. The first-order valence-electron chi connectivity index (χ1n) is 9.10. The van der Waals surface area contributed by atoms with Crippen LogP contribution in [0.2, 0.25) is 0 Å². The fraction of sp³-hybridized carbons (Fsp3) is 0.875. The lowest BCUT2D eigenvalue weighted by Crippen LogP contribution is -2.62. The normalized spacial score (nSPS) is 36.9. The number of hydrazine groups is 1. The van der Waals surface area contributed by atoms with Crippen molar-refractivity contribution in [2.24, 2.45) is 5.92 Å². The van der Waals surface area contributed by atoms with Crippen LogP contribution < -0.4 is 21.5 Å². The molecule has 3 rings (SSSR count). The Bertz CT molecular complexity index is 477. The molecule has 2 saturated heterocycles. The molecule has 3 fully saturated rings. The third-order valence-electron chi connectivity index (χ3n) is 5.58. The summed E-state index contributed by atoms with van der Waals surface area (Å²) in [7, 11) is 1.60. The van der Waals surface area contributed by atoms with Gasteiger partial charge in [-0.05, 0) is 32.1 Å². The van der Waals surface area contributed by atoms with E-state index in [-0.39, 0.29) is 30.3 Å². The Hall–Kier alpha value is -1.26. The summed E-state index contributed by atoms with van der Waals surface area (Å²) in [4.78, 5) is 26.4. The number of methoxy groups -OCH3 is 1. The Labute approximate surface area is 147 Å². The molecule has 2 aliphatic heterocycles. The van der Waals surface area contributed by atoms with Crippen LogP contribution in [0, 0.1) is 5.92 Å². The molecular formula is C16H29N5O4. The Morgan fingerprint density at radius 2 is 2.04 bits per heavy atom. The minimum absolute atomic E-state index is 0.0430. The number of carbonyl (C=O) groups is 2. The highest BCUT2D eigenvalue weighted by atomic mass is 16.5. The first-order chi connectivity index (χ1) is 12.1. The average molecular weight is 355 g/mol. The zero-order valence-electron chi connectivity index (χ0n) is 14.7. The maximum Gasteiger partial charge on any atom is 0.308 e. The highest BCUT2D eigenvalue weighted by Crippen LogP contribution is 2.27. The summed E-state index contributed by atoms with van der Waals surface area (Å²) in [6, 6.07) is -0.667. The molecule has 9 heteroatoms. The van der Waals surface area contributed by atoms with E-state index in [9.17, 15) is 14.7 Å². The maximum absolute atomic E-state index is 12.5. The molecule has 0 bridgehead atoms. The Morgan fingerprint density at radius 1 is 1.20 bits per heavy atom. The number of rotatable bonds is 5. The van der Waals surface area contributed by atoms with Crippen LogP contribution >= 0.6 is 0 Å². The molecule has 25 heavy (non-hydrogen) atoms. The number of carboxylic acid groups (broad SMARTS) is 1. The lowest BCUT2D eigenvalue weighted by Gasteiger charge is -2.37. The minimum atomic E-state index is -0.872. The van der Waals surface area contributed by atoms with E-state index in [0.717, 1.165) is 39.0 Å². The third kappa shape index (κ3) is 4.48. The highest BCUT2D eigenvalue weighted by Gasteiger charge is 2.38. The molecular weight excluding hydrogens is 326 g/mol. The van der Waals surface area contributed by atoms with Crippen LogP contribution in [0.15, 0.2) is 0 Å². The molecule has 0 spiro atoms. The molecule has 5 N–H and O–H groups in total. The van der Waals surface area contributed by atoms with Crippen LogP contribution in [0.5, 0.6) is 0 Å². The van der Waals surface area contributed by atoms with E-state index in [2.05, 4.69) is 26.4 Å². The summed E-state index contributed by atoms with van der Waals surface area (Å²) in [5.41, 5.74) is 6.31. The van der Waals surface area contributed by atoms with Crippen molar-refractivity contribution >= 4 is 11.9 Å². The van der Waals surface area contributed by atoms with E-state index in [1.165, 1.54) is 0 Å². The van der Waals surface area contributed by atoms with Gasteiger partial charge in [0.25, 0.3) is 0 Å². The molecule has 0 aromatic rings. The number of aliphatic carboxylic acids is 1. The first kappa shape index (κ1) is 18.5. The lowest BCUT2D eigenvalue weighted by molar-refractivity contribution is -0.146. The van der Waals surface area contributed by atoms with Gasteiger partial charge >= 0.3 is 5.97 Å². The van der Waals surface area contributed by atoms with E-state index in [1.807, 2.05) is 0 Å². The summed E-state index contributed by atoms with van der Waals surface area (Å²) >= 11 is 0. The van der Waals surface area contributed by atoms with Gasteiger partial charge in [-0.15, -0.1) is 0 Å². The summed E-state index contributed by atoms with van der Waals surface area (Å²) in [5, 5.41) is 15.7. The van der Waals surface area contributed by atoms with Gasteiger partial charge in [-0.1, -0.05) is 0 Å². The number of amides is 1. The van der Waals surface area contributed by atoms with Crippen molar-refractivity contribution in [1.29, 1.82) is 0 Å². The zero-order chi connectivity index (χ0) is 17.8. The van der Waals surface area contributed by atoms with Crippen molar-refractivity contribution in [2.75, 3.05) is 26.9 Å². The van der Waals surface area contributed by atoms with Crippen molar-refractivity contribution in [3.05, 3.63) is 0 Å². The fourth-order valence-corrected chi connectivity index (χ4v) is 4.00. The second kappa shape index (κ2) is 8.41. The van der Waals surface area contributed by atoms with Gasteiger partial charge in [-0.25, -0.2) is 10.9 Å². The minimum Gasteiger partial charge on any atom is -0.481 e. The fourth-order valence-electron chi connectivity index (χ4n) is 4.00. The molecule has 1 aliphatic carbocycles. The topological polar surface area (TPSA) is 115 Å². The van der Waals surface area contributed by atoms with Crippen molar-refractivity contribution in [2.45, 2.75) is 56.5 Å². The van der Waals surface area contributed by atoms with E-state index < -0.39 is 11.9 Å². The molecule has 0 aromatic carbocycles. The molecule has 3 aliphatic rings. The van der Waals surface area contributed by atoms with Gasteiger partial charge in [0.15, 0.2) is 0 Å². The molecule has 1 amide bonds. The Kier molecular flexibility index (Phi) is 6.24. The highest BCUT2D eigenvalue weighted by molar-refractivity contribution is 5.83. The standard InChI is InChI=1S/C16H29N5O4/c1-25-10-2-3-12(11(8-10)16(23)24)18-15(22)13-4-5-14(20-19-13)21-7-6-17-9-21/h10-14,17,19-20H,2-9H2,1H3,(H,18,22)(H,23,24). The summed E-state index contributed by atoms with van der Waals surface area (Å²) in [5.74, 6) is -1.59. The van der Waals surface area contributed by atoms with Crippen molar-refractivity contribution in [1.82, 2.24) is 26.4 Å². The van der Waals surface area contributed by atoms with Crippen LogP contribution in [0.4, 0.5) is 0 Å². The largest absolute Gasteiger partial charge is 0.481 e. The van der Waals surface area contributed by atoms with Gasteiger partial charge in [0.1, 0.15) is 6.04 Å². The van der Waals surface area contributed by atoms with Crippen LogP contribution in [-0.4, -0.2) is 73.1 Å². The predicted molar refractivity (Wildman–Crippen MR) is 90.4 cm³/mol. The first-order valence-corrected chi connectivity index (χ1v) is 9.10. The molecule has 142 valence electrons. The molecule has 0 radical (unpaired) electrons. The van der Waals surface area contributed by atoms with E-state index >= 15 is 0 Å². The molecule has 9 nitrogen and oxygen atoms in total. The number of nitrogens with one attached hydrogen (secondary N) is 4. The third-order valence-corrected chi connectivity index (χ3v) is 5.58.